The van der Waals surface area contributed by atoms with E-state index < -0.39 is 0 Å². The minimum absolute atomic E-state index is 0.0563. The Morgan fingerprint density at radius 1 is 1.25 bits per heavy atom. The van der Waals surface area contributed by atoms with Gasteiger partial charge in [0.2, 0.25) is 5.91 Å². The summed E-state index contributed by atoms with van der Waals surface area (Å²) in [6.45, 7) is 6.86. The second-order valence-electron chi connectivity index (χ2n) is 9.59. The topological polar surface area (TPSA) is 85.9 Å². The predicted molar refractivity (Wildman–Crippen MR) is 124 cm³/mol. The Balaban J connectivity index is 1.43. The quantitative estimate of drug-likeness (QED) is 0.565. The van der Waals surface area contributed by atoms with Gasteiger partial charge in [-0.25, -0.2) is 9.67 Å². The number of carbonyl (C=O) groups excluding carboxylic acids is 1. The second kappa shape index (κ2) is 8.03. The van der Waals surface area contributed by atoms with Crippen LogP contribution >= 0.6 is 11.8 Å². The normalized spacial score (nSPS) is 21.2. The molecule has 0 saturated carbocycles. The standard InChI is InChI=1S/C23H28N6O2S/c1-23(2,3)29-20-17(13-25-29)21(31)28-16(14-32-22(28)26-20)11-19(30)27-10-5-4-8-18(27)15-7-6-9-24-12-15/h6-7,9,12-13,16,18H,4-5,8,10-11,14H2,1-3H3. The summed E-state index contributed by atoms with van der Waals surface area (Å²) in [5.74, 6) is 0.768. The Morgan fingerprint density at radius 2 is 2.09 bits per heavy atom. The Hall–Kier alpha value is -2.68. The lowest BCUT2D eigenvalue weighted by atomic mass is 9.95. The van der Waals surface area contributed by atoms with Crippen molar-refractivity contribution in [3.05, 3.63) is 46.6 Å². The summed E-state index contributed by atoms with van der Waals surface area (Å²) < 4.78 is 3.51. The number of thioether (sulfide) groups is 1. The maximum Gasteiger partial charge on any atom is 0.265 e. The molecule has 5 heterocycles. The van der Waals surface area contributed by atoms with Gasteiger partial charge in [-0.15, -0.1) is 0 Å². The lowest BCUT2D eigenvalue weighted by Crippen LogP contribution is -2.40. The molecule has 168 valence electrons. The molecule has 1 saturated heterocycles. The molecule has 0 radical (unpaired) electrons. The molecule has 3 aromatic rings. The van der Waals surface area contributed by atoms with E-state index in [0.717, 1.165) is 31.4 Å². The van der Waals surface area contributed by atoms with Gasteiger partial charge in [0.15, 0.2) is 10.8 Å². The molecule has 2 unspecified atom stereocenters. The van der Waals surface area contributed by atoms with E-state index in [-0.39, 0.29) is 29.1 Å². The molecule has 2 aliphatic heterocycles. The maximum atomic E-state index is 13.4. The fraction of sp³-hybridized carbons (Fsp3) is 0.522. The van der Waals surface area contributed by atoms with Crippen molar-refractivity contribution < 1.29 is 4.79 Å². The van der Waals surface area contributed by atoms with E-state index in [2.05, 4.69) is 10.1 Å². The van der Waals surface area contributed by atoms with Crippen LogP contribution in [0.15, 0.2) is 40.7 Å². The van der Waals surface area contributed by atoms with Crippen LogP contribution in [0.25, 0.3) is 11.0 Å². The molecule has 0 N–H and O–H groups in total. The van der Waals surface area contributed by atoms with Crippen molar-refractivity contribution in [1.82, 2.24) is 29.2 Å². The number of nitrogens with zero attached hydrogens (tertiary/aromatic N) is 6. The fourth-order valence-electron chi connectivity index (χ4n) is 4.74. The fourth-order valence-corrected chi connectivity index (χ4v) is 5.87. The summed E-state index contributed by atoms with van der Waals surface area (Å²) in [7, 11) is 0. The number of pyridine rings is 1. The van der Waals surface area contributed by atoms with Crippen molar-refractivity contribution >= 4 is 28.7 Å². The Kier molecular flexibility index (Phi) is 5.31. The third kappa shape index (κ3) is 3.62. The van der Waals surface area contributed by atoms with Crippen molar-refractivity contribution in [3.8, 4) is 0 Å². The first-order chi connectivity index (χ1) is 15.3. The molecule has 2 aliphatic rings. The van der Waals surface area contributed by atoms with Crippen LogP contribution in [0.2, 0.25) is 0 Å². The Bertz CT molecular complexity index is 1210. The molecule has 0 bridgehead atoms. The monoisotopic (exact) mass is 452 g/mol. The van der Waals surface area contributed by atoms with Crippen LogP contribution in [0.1, 0.15) is 64.1 Å². The van der Waals surface area contributed by atoms with Gasteiger partial charge in [-0.05, 0) is 51.7 Å². The summed E-state index contributed by atoms with van der Waals surface area (Å²) in [5, 5.41) is 5.61. The highest BCUT2D eigenvalue weighted by Gasteiger charge is 2.34. The highest BCUT2D eigenvalue weighted by molar-refractivity contribution is 7.99. The number of likely N-dealkylation sites (tertiary alicyclic amines) is 1. The van der Waals surface area contributed by atoms with Gasteiger partial charge in [0, 0.05) is 31.1 Å². The van der Waals surface area contributed by atoms with E-state index in [9.17, 15) is 9.59 Å². The van der Waals surface area contributed by atoms with Gasteiger partial charge >= 0.3 is 0 Å². The summed E-state index contributed by atoms with van der Waals surface area (Å²) in [6.07, 6.45) is 8.58. The predicted octanol–water partition coefficient (Wildman–Crippen LogP) is 3.53. The van der Waals surface area contributed by atoms with E-state index in [4.69, 9.17) is 4.98 Å². The van der Waals surface area contributed by atoms with E-state index >= 15 is 0 Å². The number of hydrogen-bond donors (Lipinski definition) is 0. The zero-order chi connectivity index (χ0) is 22.5. The van der Waals surface area contributed by atoms with E-state index in [1.54, 1.807) is 33.4 Å². The average Bonchev–Trinajstić information content (AvgIpc) is 3.39. The molecule has 5 rings (SSSR count). The van der Waals surface area contributed by atoms with Gasteiger partial charge in [-0.1, -0.05) is 17.8 Å². The number of aromatic nitrogens is 5. The summed E-state index contributed by atoms with van der Waals surface area (Å²) in [5.41, 5.74) is 1.32. The van der Waals surface area contributed by atoms with Crippen LogP contribution in [0, 0.1) is 0 Å². The highest BCUT2D eigenvalue weighted by Crippen LogP contribution is 2.36. The zero-order valence-electron chi connectivity index (χ0n) is 18.7. The molecule has 32 heavy (non-hydrogen) atoms. The Morgan fingerprint density at radius 3 is 2.84 bits per heavy atom. The molecule has 1 fully saturated rings. The third-order valence-electron chi connectivity index (χ3n) is 6.31. The van der Waals surface area contributed by atoms with Crippen molar-refractivity contribution in [2.45, 2.75) is 69.2 Å². The first kappa shape index (κ1) is 21.2. The minimum atomic E-state index is -0.270. The number of fused-ring (bicyclic) bond motifs is 2. The lowest BCUT2D eigenvalue weighted by Gasteiger charge is -2.36. The van der Waals surface area contributed by atoms with Crippen LogP contribution in [0.5, 0.6) is 0 Å². The number of piperidine rings is 1. The average molecular weight is 453 g/mol. The van der Waals surface area contributed by atoms with Gasteiger partial charge in [0.1, 0.15) is 5.39 Å². The number of hydrogen-bond acceptors (Lipinski definition) is 6. The molecule has 0 aliphatic carbocycles. The molecule has 3 aromatic heterocycles. The zero-order valence-corrected chi connectivity index (χ0v) is 19.5. The first-order valence-corrected chi connectivity index (χ1v) is 12.2. The van der Waals surface area contributed by atoms with Gasteiger partial charge in [-0.3, -0.25) is 19.1 Å². The van der Waals surface area contributed by atoms with Crippen molar-refractivity contribution in [1.29, 1.82) is 0 Å². The van der Waals surface area contributed by atoms with E-state index in [0.29, 0.717) is 28.4 Å². The van der Waals surface area contributed by atoms with Crippen LogP contribution in [0.3, 0.4) is 0 Å². The van der Waals surface area contributed by atoms with Crippen molar-refractivity contribution in [2.75, 3.05) is 12.3 Å². The van der Waals surface area contributed by atoms with Crippen LogP contribution in [0.4, 0.5) is 0 Å². The lowest BCUT2D eigenvalue weighted by molar-refractivity contribution is -0.135. The van der Waals surface area contributed by atoms with Crippen molar-refractivity contribution in [2.24, 2.45) is 0 Å². The van der Waals surface area contributed by atoms with Gasteiger partial charge in [0.05, 0.1) is 23.8 Å². The van der Waals surface area contributed by atoms with Crippen LogP contribution < -0.4 is 5.56 Å². The van der Waals surface area contributed by atoms with Crippen LogP contribution in [-0.4, -0.2) is 47.4 Å². The number of rotatable bonds is 3. The van der Waals surface area contributed by atoms with Gasteiger partial charge in [-0.2, -0.15) is 5.10 Å². The van der Waals surface area contributed by atoms with Crippen molar-refractivity contribution in [3.63, 3.8) is 0 Å². The van der Waals surface area contributed by atoms with Gasteiger partial charge in [0.25, 0.3) is 5.56 Å². The molecule has 1 amide bonds. The summed E-state index contributed by atoms with van der Waals surface area (Å²) in [4.78, 5) is 37.7. The molecular weight excluding hydrogens is 424 g/mol. The molecule has 0 spiro atoms. The van der Waals surface area contributed by atoms with E-state index in [1.807, 2.05) is 44.0 Å². The van der Waals surface area contributed by atoms with Gasteiger partial charge < -0.3 is 4.90 Å². The highest BCUT2D eigenvalue weighted by atomic mass is 32.2. The first-order valence-electron chi connectivity index (χ1n) is 11.2. The minimum Gasteiger partial charge on any atom is -0.336 e. The largest absolute Gasteiger partial charge is 0.336 e. The molecule has 9 heteroatoms. The smallest absolute Gasteiger partial charge is 0.265 e. The summed E-state index contributed by atoms with van der Waals surface area (Å²) >= 11 is 1.54. The number of amides is 1. The molecule has 8 nitrogen and oxygen atoms in total. The van der Waals surface area contributed by atoms with Crippen LogP contribution in [-0.2, 0) is 10.3 Å². The summed E-state index contributed by atoms with van der Waals surface area (Å²) in [6, 6.07) is 3.83. The SMILES string of the molecule is CC(C)(C)n1ncc2c(=O)n3c(nc21)SCC3CC(=O)N1CCCCC1c1cccnc1. The molecular formula is C23H28N6O2S. The molecule has 0 aromatic carbocycles. The second-order valence-corrected chi connectivity index (χ2v) is 10.6. The maximum absolute atomic E-state index is 13.4. The molecule has 2 atom stereocenters. The van der Waals surface area contributed by atoms with E-state index in [1.165, 1.54) is 0 Å². The third-order valence-corrected chi connectivity index (χ3v) is 7.41. The number of carbonyl (C=O) groups is 1. The Labute approximate surface area is 191 Å².